The van der Waals surface area contributed by atoms with Crippen molar-refractivity contribution in [3.8, 4) is 5.75 Å². The molecule has 1 aliphatic rings. The first-order valence-corrected chi connectivity index (χ1v) is 9.65. The van der Waals surface area contributed by atoms with Gasteiger partial charge in [0.25, 0.3) is 5.91 Å². The molecule has 0 saturated carbocycles. The molecular formula is C20H22N2O3S. The van der Waals surface area contributed by atoms with Crippen molar-refractivity contribution < 1.29 is 14.3 Å². The average molecular weight is 370 g/mol. The fraction of sp³-hybridized carbons (Fsp3) is 0.300. The summed E-state index contributed by atoms with van der Waals surface area (Å²) in [6, 6.07) is 17.5. The Labute approximate surface area is 157 Å². The molecule has 5 nitrogen and oxygen atoms in total. The SMILES string of the molecule is CC1Oc2ccccc2N(CCC(=O)NCCSc2ccccc2)C1=O. The first kappa shape index (κ1) is 18.3. The van der Waals surface area contributed by atoms with Gasteiger partial charge in [0.2, 0.25) is 5.91 Å². The molecule has 2 amide bonds. The van der Waals surface area contributed by atoms with E-state index in [1.165, 1.54) is 4.90 Å². The van der Waals surface area contributed by atoms with Crippen LogP contribution in [0.25, 0.3) is 0 Å². The third kappa shape index (κ3) is 4.58. The van der Waals surface area contributed by atoms with Gasteiger partial charge in [-0.3, -0.25) is 9.59 Å². The first-order chi connectivity index (χ1) is 12.6. The predicted octanol–water partition coefficient (Wildman–Crippen LogP) is 3.10. The van der Waals surface area contributed by atoms with Crippen LogP contribution < -0.4 is 15.0 Å². The number of ether oxygens (including phenoxy) is 1. The van der Waals surface area contributed by atoms with Gasteiger partial charge >= 0.3 is 0 Å². The summed E-state index contributed by atoms with van der Waals surface area (Å²) in [4.78, 5) is 27.3. The van der Waals surface area contributed by atoms with Crippen molar-refractivity contribution in [3.05, 3.63) is 54.6 Å². The van der Waals surface area contributed by atoms with Gasteiger partial charge in [0, 0.05) is 30.2 Å². The lowest BCUT2D eigenvalue weighted by molar-refractivity contribution is -0.125. The first-order valence-electron chi connectivity index (χ1n) is 8.67. The second kappa shape index (κ2) is 8.76. The van der Waals surface area contributed by atoms with Gasteiger partial charge in [0.05, 0.1) is 5.69 Å². The van der Waals surface area contributed by atoms with Gasteiger partial charge in [0.1, 0.15) is 5.75 Å². The van der Waals surface area contributed by atoms with Crippen molar-refractivity contribution in [1.82, 2.24) is 5.32 Å². The van der Waals surface area contributed by atoms with Gasteiger partial charge in [-0.05, 0) is 31.2 Å². The zero-order valence-corrected chi connectivity index (χ0v) is 15.5. The molecule has 3 rings (SSSR count). The van der Waals surface area contributed by atoms with Crippen molar-refractivity contribution in [1.29, 1.82) is 0 Å². The highest BCUT2D eigenvalue weighted by Gasteiger charge is 2.31. The molecular weight excluding hydrogens is 348 g/mol. The number of benzene rings is 2. The molecule has 2 aromatic rings. The van der Waals surface area contributed by atoms with Gasteiger partial charge < -0.3 is 15.0 Å². The van der Waals surface area contributed by atoms with Gasteiger partial charge in [-0.25, -0.2) is 0 Å². The Balaban J connectivity index is 1.46. The van der Waals surface area contributed by atoms with Gasteiger partial charge in [-0.2, -0.15) is 0 Å². The van der Waals surface area contributed by atoms with Crippen LogP contribution >= 0.6 is 11.8 Å². The molecule has 26 heavy (non-hydrogen) atoms. The van der Waals surface area contributed by atoms with E-state index in [1.807, 2.05) is 42.5 Å². The van der Waals surface area contributed by atoms with E-state index in [1.54, 1.807) is 23.6 Å². The molecule has 1 heterocycles. The van der Waals surface area contributed by atoms with Gasteiger partial charge in [-0.1, -0.05) is 30.3 Å². The second-order valence-electron chi connectivity index (χ2n) is 5.98. The second-order valence-corrected chi connectivity index (χ2v) is 7.15. The Morgan fingerprint density at radius 2 is 1.88 bits per heavy atom. The van der Waals surface area contributed by atoms with Crippen molar-refractivity contribution in [2.24, 2.45) is 0 Å². The third-order valence-corrected chi connectivity index (χ3v) is 5.09. The number of fused-ring (bicyclic) bond motifs is 1. The fourth-order valence-electron chi connectivity index (χ4n) is 2.77. The zero-order valence-electron chi connectivity index (χ0n) is 14.7. The van der Waals surface area contributed by atoms with E-state index in [0.717, 1.165) is 11.4 Å². The van der Waals surface area contributed by atoms with Crippen LogP contribution in [0.3, 0.4) is 0 Å². The summed E-state index contributed by atoms with van der Waals surface area (Å²) in [7, 11) is 0. The lowest BCUT2D eigenvalue weighted by Crippen LogP contribution is -2.45. The van der Waals surface area contributed by atoms with Crippen LogP contribution in [-0.4, -0.2) is 36.8 Å². The lowest BCUT2D eigenvalue weighted by atomic mass is 10.1. The summed E-state index contributed by atoms with van der Waals surface area (Å²) in [6.07, 6.45) is -0.266. The molecule has 0 aromatic heterocycles. The molecule has 6 heteroatoms. The molecule has 1 aliphatic heterocycles. The van der Waals surface area contributed by atoms with Crippen molar-refractivity contribution in [2.45, 2.75) is 24.3 Å². The Hall–Kier alpha value is -2.47. The molecule has 0 saturated heterocycles. The summed E-state index contributed by atoms with van der Waals surface area (Å²) < 4.78 is 5.61. The molecule has 2 aromatic carbocycles. The molecule has 1 atom stereocenters. The van der Waals surface area contributed by atoms with E-state index in [4.69, 9.17) is 4.74 Å². The standard InChI is InChI=1S/C20H22N2O3S/c1-15-20(24)22(17-9-5-6-10-18(17)25-15)13-11-19(23)21-12-14-26-16-7-3-2-4-8-16/h2-10,15H,11-14H2,1H3,(H,21,23). The number of rotatable bonds is 7. The smallest absolute Gasteiger partial charge is 0.267 e. The number of hydrogen-bond donors (Lipinski definition) is 1. The lowest BCUT2D eigenvalue weighted by Gasteiger charge is -2.32. The predicted molar refractivity (Wildman–Crippen MR) is 104 cm³/mol. The van der Waals surface area contributed by atoms with Crippen LogP contribution in [0.15, 0.2) is 59.5 Å². The van der Waals surface area contributed by atoms with Crippen molar-refractivity contribution in [2.75, 3.05) is 23.7 Å². The van der Waals surface area contributed by atoms with E-state index in [-0.39, 0.29) is 18.2 Å². The molecule has 1 unspecified atom stereocenters. The summed E-state index contributed by atoms with van der Waals surface area (Å²) in [6.45, 7) is 2.68. The number of thioether (sulfide) groups is 1. The maximum Gasteiger partial charge on any atom is 0.267 e. The molecule has 0 aliphatic carbocycles. The highest BCUT2D eigenvalue weighted by Crippen LogP contribution is 2.33. The van der Waals surface area contributed by atoms with E-state index < -0.39 is 6.10 Å². The summed E-state index contributed by atoms with van der Waals surface area (Å²) in [5.41, 5.74) is 0.725. The monoisotopic (exact) mass is 370 g/mol. The quantitative estimate of drug-likeness (QED) is 0.601. The number of para-hydroxylation sites is 2. The fourth-order valence-corrected chi connectivity index (χ4v) is 3.56. The molecule has 1 N–H and O–H groups in total. The van der Waals surface area contributed by atoms with Crippen LogP contribution in [0.2, 0.25) is 0 Å². The number of anilines is 1. The number of hydrogen-bond acceptors (Lipinski definition) is 4. The maximum atomic E-state index is 12.4. The molecule has 136 valence electrons. The summed E-state index contributed by atoms with van der Waals surface area (Å²) >= 11 is 1.70. The maximum absolute atomic E-state index is 12.4. The van der Waals surface area contributed by atoms with E-state index in [0.29, 0.717) is 18.8 Å². The summed E-state index contributed by atoms with van der Waals surface area (Å²) in [5, 5.41) is 2.91. The molecule has 0 radical (unpaired) electrons. The van der Waals surface area contributed by atoms with Gasteiger partial charge in [0.15, 0.2) is 6.10 Å². The van der Waals surface area contributed by atoms with Crippen LogP contribution in [0, 0.1) is 0 Å². The normalized spacial score (nSPS) is 16.0. The minimum absolute atomic E-state index is 0.0527. The number of nitrogens with zero attached hydrogens (tertiary/aromatic N) is 1. The van der Waals surface area contributed by atoms with Crippen LogP contribution in [0.4, 0.5) is 5.69 Å². The topological polar surface area (TPSA) is 58.6 Å². The average Bonchev–Trinajstić information content (AvgIpc) is 2.66. The Kier molecular flexibility index (Phi) is 6.17. The van der Waals surface area contributed by atoms with Crippen LogP contribution in [0.1, 0.15) is 13.3 Å². The molecule has 0 bridgehead atoms. The highest BCUT2D eigenvalue weighted by atomic mass is 32.2. The van der Waals surface area contributed by atoms with E-state index in [9.17, 15) is 9.59 Å². The number of carbonyl (C=O) groups excluding carboxylic acids is 2. The Morgan fingerprint density at radius 3 is 2.69 bits per heavy atom. The Bertz CT molecular complexity index is 767. The largest absolute Gasteiger partial charge is 0.479 e. The van der Waals surface area contributed by atoms with Crippen LogP contribution in [0.5, 0.6) is 5.75 Å². The minimum atomic E-state index is -0.532. The minimum Gasteiger partial charge on any atom is -0.479 e. The van der Waals surface area contributed by atoms with Gasteiger partial charge in [-0.15, -0.1) is 11.8 Å². The van der Waals surface area contributed by atoms with Crippen LogP contribution in [-0.2, 0) is 9.59 Å². The van der Waals surface area contributed by atoms with E-state index in [2.05, 4.69) is 17.4 Å². The van der Waals surface area contributed by atoms with Crippen molar-refractivity contribution >= 4 is 29.3 Å². The molecule has 0 fully saturated rings. The Morgan fingerprint density at radius 1 is 1.15 bits per heavy atom. The number of amides is 2. The van der Waals surface area contributed by atoms with E-state index >= 15 is 0 Å². The number of nitrogens with one attached hydrogen (secondary N) is 1. The molecule has 0 spiro atoms. The highest BCUT2D eigenvalue weighted by molar-refractivity contribution is 7.99. The zero-order chi connectivity index (χ0) is 18.4. The van der Waals surface area contributed by atoms with Crippen molar-refractivity contribution in [3.63, 3.8) is 0 Å². The summed E-state index contributed by atoms with van der Waals surface area (Å²) in [5.74, 6) is 1.32. The number of carbonyl (C=O) groups is 2. The third-order valence-electron chi connectivity index (χ3n) is 4.07.